The van der Waals surface area contributed by atoms with E-state index in [0.29, 0.717) is 12.0 Å². The van der Waals surface area contributed by atoms with Gasteiger partial charge < -0.3 is 34.4 Å². The molecule has 5 aliphatic heterocycles. The SMILES string of the molecule is C.C.C#CC#CC.CC(C)(C)OC(=O)N1CC2CCC[C@@H]2C1.CN1CCC2CN(C(=O)OC(C)(C)C)C[C@H]21.CN1CCC2CNC[C@H]21. The van der Waals surface area contributed by atoms with Crippen LogP contribution in [0.2, 0.25) is 0 Å². The fraction of sp³-hybridized carbons (Fsp3) is 0.842. The first-order valence-corrected chi connectivity index (χ1v) is 17.1. The fourth-order valence-corrected chi connectivity index (χ4v) is 7.50. The third-order valence-corrected chi connectivity index (χ3v) is 9.77. The average Bonchev–Trinajstić information content (AvgIpc) is 3.76. The Morgan fingerprint density at radius 2 is 1.17 bits per heavy atom. The molecule has 6 atom stereocenters. The molecule has 6 rings (SSSR count). The van der Waals surface area contributed by atoms with E-state index in [1.807, 2.05) is 51.3 Å². The van der Waals surface area contributed by atoms with Crippen molar-refractivity contribution in [3.05, 3.63) is 0 Å². The third-order valence-electron chi connectivity index (χ3n) is 9.77. The van der Waals surface area contributed by atoms with E-state index < -0.39 is 0 Å². The number of nitrogens with one attached hydrogen (secondary N) is 1. The summed E-state index contributed by atoms with van der Waals surface area (Å²) in [6, 6.07) is 1.41. The number of likely N-dealkylation sites (N-methyl/N-ethyl adjacent to an activating group) is 2. The number of terminal acetylenes is 1. The lowest BCUT2D eigenvalue weighted by Crippen LogP contribution is -2.38. The highest BCUT2D eigenvalue weighted by Crippen LogP contribution is 2.38. The molecule has 5 heterocycles. The van der Waals surface area contributed by atoms with Crippen LogP contribution in [-0.4, -0.2) is 122 Å². The van der Waals surface area contributed by atoms with Crippen LogP contribution < -0.4 is 5.32 Å². The molecule has 47 heavy (non-hydrogen) atoms. The number of nitrogens with zero attached hydrogens (tertiary/aromatic N) is 4. The smallest absolute Gasteiger partial charge is 0.410 e. The molecular weight excluding hydrogens is 590 g/mol. The van der Waals surface area contributed by atoms with Crippen LogP contribution in [0.4, 0.5) is 9.59 Å². The van der Waals surface area contributed by atoms with Gasteiger partial charge in [0.15, 0.2) is 0 Å². The molecular formula is C38H69N5O4. The highest BCUT2D eigenvalue weighted by atomic mass is 16.6. The van der Waals surface area contributed by atoms with Crippen molar-refractivity contribution in [2.75, 3.05) is 66.5 Å². The van der Waals surface area contributed by atoms with E-state index in [9.17, 15) is 9.59 Å². The largest absolute Gasteiger partial charge is 0.444 e. The molecule has 0 bridgehead atoms. The Labute approximate surface area is 288 Å². The zero-order valence-electron chi connectivity index (χ0n) is 29.7. The van der Waals surface area contributed by atoms with E-state index in [0.717, 1.165) is 56.5 Å². The number of ether oxygens (including phenoxy) is 2. The molecule has 0 aromatic heterocycles. The summed E-state index contributed by atoms with van der Waals surface area (Å²) in [6.07, 6.45) is 11.0. The number of hydrogen-bond acceptors (Lipinski definition) is 7. The molecule has 2 amide bonds. The Kier molecular flexibility index (Phi) is 17.1. The number of amides is 2. The summed E-state index contributed by atoms with van der Waals surface area (Å²) in [7, 11) is 4.38. The fourth-order valence-electron chi connectivity index (χ4n) is 7.50. The molecule has 0 aromatic carbocycles. The van der Waals surface area contributed by atoms with Crippen molar-refractivity contribution in [2.45, 2.75) is 119 Å². The second-order valence-electron chi connectivity index (χ2n) is 15.6. The van der Waals surface area contributed by atoms with Crippen LogP contribution in [0.5, 0.6) is 0 Å². The van der Waals surface area contributed by atoms with Crippen LogP contribution in [0.3, 0.4) is 0 Å². The molecule has 9 nitrogen and oxygen atoms in total. The van der Waals surface area contributed by atoms with Crippen LogP contribution >= 0.6 is 0 Å². The lowest BCUT2D eigenvalue weighted by molar-refractivity contribution is 0.0267. The van der Waals surface area contributed by atoms with Crippen molar-refractivity contribution in [1.82, 2.24) is 24.9 Å². The van der Waals surface area contributed by atoms with E-state index in [1.165, 1.54) is 51.7 Å². The maximum atomic E-state index is 11.9. The Balaban J connectivity index is 0.000000331. The summed E-state index contributed by atoms with van der Waals surface area (Å²) < 4.78 is 10.8. The highest BCUT2D eigenvalue weighted by Gasteiger charge is 2.42. The number of likely N-dealkylation sites (tertiary alicyclic amines) is 4. The number of carbonyl (C=O) groups excluding carboxylic acids is 2. The molecule has 6 fully saturated rings. The minimum Gasteiger partial charge on any atom is -0.444 e. The lowest BCUT2D eigenvalue weighted by atomic mass is 10.0. The third kappa shape index (κ3) is 13.2. The number of hydrogen-bond donors (Lipinski definition) is 1. The topological polar surface area (TPSA) is 77.6 Å². The molecule has 6 aliphatic rings. The van der Waals surface area contributed by atoms with E-state index in [1.54, 1.807) is 6.92 Å². The van der Waals surface area contributed by atoms with Gasteiger partial charge in [0, 0.05) is 44.8 Å². The molecule has 1 aliphatic carbocycles. The van der Waals surface area contributed by atoms with Gasteiger partial charge >= 0.3 is 12.2 Å². The minimum atomic E-state index is -0.388. The van der Waals surface area contributed by atoms with E-state index in [-0.39, 0.29) is 38.2 Å². The van der Waals surface area contributed by atoms with Crippen LogP contribution in [0, 0.1) is 47.9 Å². The molecule has 0 aromatic rings. The van der Waals surface area contributed by atoms with Crippen molar-refractivity contribution in [3.8, 4) is 24.2 Å². The van der Waals surface area contributed by atoms with Crippen molar-refractivity contribution in [2.24, 2.45) is 23.7 Å². The average molecular weight is 660 g/mol. The molecule has 9 heteroatoms. The predicted octanol–water partition coefficient (Wildman–Crippen LogP) is 6.04. The Hall–Kier alpha value is -2.46. The number of carbonyl (C=O) groups is 2. The van der Waals surface area contributed by atoms with Gasteiger partial charge in [-0.25, -0.2) is 9.59 Å². The predicted molar refractivity (Wildman–Crippen MR) is 194 cm³/mol. The molecule has 0 radical (unpaired) electrons. The highest BCUT2D eigenvalue weighted by molar-refractivity contribution is 5.69. The molecule has 1 N–H and O–H groups in total. The first-order chi connectivity index (χ1) is 21.1. The summed E-state index contributed by atoms with van der Waals surface area (Å²) in [6.45, 7) is 21.7. The van der Waals surface area contributed by atoms with Crippen LogP contribution in [-0.2, 0) is 9.47 Å². The molecule has 1 saturated carbocycles. The standard InChI is InChI=1S/C12H22N2O2.C12H21NO2.C7H14N2.C5H4.2CH4/c1-12(2,3)16-11(15)14-7-9-5-6-13(4)10(9)8-14;1-12(2,3)15-11(14)13-7-9-5-4-6-10(9)8-13;1-9-3-2-6-4-8-5-7(6)9;1-3-5-4-2;;/h9-10H,5-8H2,1-4H3;9-10H,4-8H2,1-3H3;6-8H,2-5H2,1H3;1H,2H3;2*1H4/t9?,10-;9-,10?;6?,7-;;;/m111.../s1. The number of rotatable bonds is 0. The van der Waals surface area contributed by atoms with Gasteiger partial charge in [-0.1, -0.05) is 27.2 Å². The second-order valence-corrected chi connectivity index (χ2v) is 15.6. The van der Waals surface area contributed by atoms with Gasteiger partial charge in [-0.3, -0.25) is 0 Å². The van der Waals surface area contributed by atoms with Gasteiger partial charge in [0.2, 0.25) is 0 Å². The van der Waals surface area contributed by atoms with Crippen LogP contribution in [0.1, 0.15) is 95.4 Å². The zero-order valence-corrected chi connectivity index (χ0v) is 29.7. The van der Waals surface area contributed by atoms with Crippen molar-refractivity contribution in [3.63, 3.8) is 0 Å². The summed E-state index contributed by atoms with van der Waals surface area (Å²) in [5.41, 5.74) is -0.754. The van der Waals surface area contributed by atoms with Gasteiger partial charge in [0.1, 0.15) is 11.2 Å². The maximum Gasteiger partial charge on any atom is 0.410 e. The van der Waals surface area contributed by atoms with E-state index >= 15 is 0 Å². The van der Waals surface area contributed by atoms with Gasteiger partial charge in [0.25, 0.3) is 0 Å². The minimum absolute atomic E-state index is 0. The second kappa shape index (κ2) is 18.9. The Morgan fingerprint density at radius 1 is 0.702 bits per heavy atom. The first kappa shape index (κ1) is 42.6. The quantitative estimate of drug-likeness (QED) is 0.318. The summed E-state index contributed by atoms with van der Waals surface area (Å²) in [5, 5.41) is 3.41. The van der Waals surface area contributed by atoms with Gasteiger partial charge in [-0.2, -0.15) is 0 Å². The van der Waals surface area contributed by atoms with Crippen molar-refractivity contribution < 1.29 is 19.1 Å². The Morgan fingerprint density at radius 3 is 1.60 bits per heavy atom. The summed E-state index contributed by atoms with van der Waals surface area (Å²) >= 11 is 0. The van der Waals surface area contributed by atoms with Crippen LogP contribution in [0.15, 0.2) is 0 Å². The van der Waals surface area contributed by atoms with E-state index in [4.69, 9.17) is 15.9 Å². The van der Waals surface area contributed by atoms with E-state index in [2.05, 4.69) is 47.0 Å². The number of fused-ring (bicyclic) bond motifs is 3. The van der Waals surface area contributed by atoms with Crippen LogP contribution in [0.25, 0.3) is 0 Å². The molecule has 5 saturated heterocycles. The first-order valence-electron chi connectivity index (χ1n) is 17.1. The van der Waals surface area contributed by atoms with Gasteiger partial charge in [-0.05, 0) is 143 Å². The lowest BCUT2D eigenvalue weighted by Gasteiger charge is -2.25. The normalized spacial score (nSPS) is 28.9. The zero-order chi connectivity index (χ0) is 33.4. The molecule has 0 spiro atoms. The van der Waals surface area contributed by atoms with Crippen molar-refractivity contribution in [1.29, 1.82) is 0 Å². The summed E-state index contributed by atoms with van der Waals surface area (Å²) in [4.78, 5) is 32.3. The van der Waals surface area contributed by atoms with Gasteiger partial charge in [0.05, 0.1) is 0 Å². The van der Waals surface area contributed by atoms with Gasteiger partial charge in [-0.15, -0.1) is 6.42 Å². The van der Waals surface area contributed by atoms with Crippen molar-refractivity contribution >= 4 is 12.2 Å². The molecule has 270 valence electrons. The monoisotopic (exact) mass is 660 g/mol. The Bertz CT molecular complexity index is 1070. The maximum absolute atomic E-state index is 11.9. The summed E-state index contributed by atoms with van der Waals surface area (Å²) in [5.74, 6) is 10.2. The molecule has 3 unspecified atom stereocenters.